The van der Waals surface area contributed by atoms with Gasteiger partial charge in [-0.2, -0.15) is 10.1 Å². The fourth-order valence-electron chi connectivity index (χ4n) is 1.68. The number of nitrogens with one attached hydrogen (secondary N) is 2. The minimum Gasteiger partial charge on any atom is -0.385 e. The van der Waals surface area contributed by atoms with Crippen molar-refractivity contribution in [1.29, 1.82) is 0 Å². The van der Waals surface area contributed by atoms with Crippen molar-refractivity contribution < 1.29 is 4.74 Å². The Balaban J connectivity index is 1.84. The van der Waals surface area contributed by atoms with Crippen LogP contribution in [-0.2, 0) is 11.3 Å². The van der Waals surface area contributed by atoms with Gasteiger partial charge in [0, 0.05) is 31.8 Å². The van der Waals surface area contributed by atoms with Crippen LogP contribution in [0.15, 0.2) is 30.5 Å². The van der Waals surface area contributed by atoms with Crippen molar-refractivity contribution in [1.82, 2.24) is 15.2 Å². The molecule has 0 aliphatic heterocycles. The topological polar surface area (TPSA) is 72.0 Å². The summed E-state index contributed by atoms with van der Waals surface area (Å²) in [6.45, 7) is 2.10. The highest BCUT2D eigenvalue weighted by Crippen LogP contribution is 2.11. The van der Waals surface area contributed by atoms with E-state index in [2.05, 4.69) is 25.8 Å². The first-order valence-corrected chi connectivity index (χ1v) is 7.06. The molecule has 1 heterocycles. The summed E-state index contributed by atoms with van der Waals surface area (Å²) >= 11 is 5.85. The predicted octanol–water partition coefficient (Wildman–Crippen LogP) is 2.59. The fourth-order valence-corrected chi connectivity index (χ4v) is 1.80. The molecule has 2 N–H and O–H groups in total. The van der Waals surface area contributed by atoms with Gasteiger partial charge >= 0.3 is 0 Å². The van der Waals surface area contributed by atoms with Crippen molar-refractivity contribution in [2.45, 2.75) is 13.0 Å². The van der Waals surface area contributed by atoms with E-state index >= 15 is 0 Å². The SMILES string of the molecule is COCCCNc1nncc(NCc2ccc(Cl)cc2)n1. The Morgan fingerprint density at radius 3 is 2.76 bits per heavy atom. The van der Waals surface area contributed by atoms with E-state index in [4.69, 9.17) is 16.3 Å². The van der Waals surface area contributed by atoms with Gasteiger partial charge in [0.05, 0.1) is 6.20 Å². The lowest BCUT2D eigenvalue weighted by Crippen LogP contribution is -2.10. The van der Waals surface area contributed by atoms with Crippen molar-refractivity contribution in [3.05, 3.63) is 41.0 Å². The maximum absolute atomic E-state index is 5.85. The molecule has 0 atom stereocenters. The van der Waals surface area contributed by atoms with Gasteiger partial charge in [-0.25, -0.2) is 0 Å². The van der Waals surface area contributed by atoms with Crippen LogP contribution in [0.2, 0.25) is 5.02 Å². The van der Waals surface area contributed by atoms with Crippen LogP contribution in [0.3, 0.4) is 0 Å². The van der Waals surface area contributed by atoms with Gasteiger partial charge in [-0.3, -0.25) is 0 Å². The Hall–Kier alpha value is -1.92. The van der Waals surface area contributed by atoms with E-state index in [1.165, 1.54) is 0 Å². The molecule has 0 unspecified atom stereocenters. The van der Waals surface area contributed by atoms with E-state index in [1.54, 1.807) is 13.3 Å². The monoisotopic (exact) mass is 307 g/mol. The molecule has 0 radical (unpaired) electrons. The van der Waals surface area contributed by atoms with Crippen molar-refractivity contribution in [3.63, 3.8) is 0 Å². The maximum Gasteiger partial charge on any atom is 0.244 e. The van der Waals surface area contributed by atoms with Crippen LogP contribution in [-0.4, -0.2) is 35.4 Å². The third-order valence-corrected chi connectivity index (χ3v) is 3.01. The Kier molecular flexibility index (Phi) is 6.18. The number of halogens is 1. The highest BCUT2D eigenvalue weighted by Gasteiger charge is 2.00. The van der Waals surface area contributed by atoms with E-state index in [0.29, 0.717) is 24.9 Å². The molecule has 0 saturated heterocycles. The molecule has 7 heteroatoms. The molecule has 1 aromatic carbocycles. The van der Waals surface area contributed by atoms with Gasteiger partial charge in [-0.1, -0.05) is 23.7 Å². The van der Waals surface area contributed by atoms with Gasteiger partial charge in [-0.05, 0) is 24.1 Å². The zero-order chi connectivity index (χ0) is 14.9. The average Bonchev–Trinajstić information content (AvgIpc) is 2.52. The number of hydrogen-bond acceptors (Lipinski definition) is 6. The van der Waals surface area contributed by atoms with Gasteiger partial charge in [0.2, 0.25) is 5.95 Å². The second-order valence-electron chi connectivity index (χ2n) is 4.42. The molecule has 0 fully saturated rings. The van der Waals surface area contributed by atoms with Crippen molar-refractivity contribution in [2.75, 3.05) is 30.9 Å². The summed E-state index contributed by atoms with van der Waals surface area (Å²) in [5, 5.41) is 14.9. The van der Waals surface area contributed by atoms with E-state index in [-0.39, 0.29) is 0 Å². The molecule has 0 aliphatic rings. The lowest BCUT2D eigenvalue weighted by Gasteiger charge is -2.07. The standard InChI is InChI=1S/C14H18ClN5O/c1-21-8-2-7-16-14-19-13(10-18-20-14)17-9-11-3-5-12(15)6-4-11/h3-6,10H,2,7-9H2,1H3,(H2,16,17,19,20). The lowest BCUT2D eigenvalue weighted by molar-refractivity contribution is 0.197. The average molecular weight is 308 g/mol. The Labute approximate surface area is 128 Å². The number of nitrogens with zero attached hydrogens (tertiary/aromatic N) is 3. The molecule has 0 amide bonds. The predicted molar refractivity (Wildman–Crippen MR) is 83.6 cm³/mol. The molecule has 2 rings (SSSR count). The van der Waals surface area contributed by atoms with Gasteiger partial charge < -0.3 is 15.4 Å². The molecule has 0 aliphatic carbocycles. The van der Waals surface area contributed by atoms with Crippen LogP contribution in [0.4, 0.5) is 11.8 Å². The molecule has 0 bridgehead atoms. The molecule has 0 spiro atoms. The Morgan fingerprint density at radius 1 is 1.19 bits per heavy atom. The summed E-state index contributed by atoms with van der Waals surface area (Å²) in [6, 6.07) is 7.65. The first kappa shape index (κ1) is 15.5. The minimum absolute atomic E-state index is 0.507. The third-order valence-electron chi connectivity index (χ3n) is 2.75. The first-order chi connectivity index (χ1) is 10.3. The molecule has 112 valence electrons. The molecule has 21 heavy (non-hydrogen) atoms. The zero-order valence-electron chi connectivity index (χ0n) is 11.8. The van der Waals surface area contributed by atoms with Crippen LogP contribution in [0.5, 0.6) is 0 Å². The van der Waals surface area contributed by atoms with E-state index in [1.807, 2.05) is 24.3 Å². The Morgan fingerprint density at radius 2 is 2.00 bits per heavy atom. The molecule has 2 aromatic rings. The van der Waals surface area contributed by atoms with Crippen LogP contribution < -0.4 is 10.6 Å². The van der Waals surface area contributed by atoms with Crippen LogP contribution in [0.25, 0.3) is 0 Å². The summed E-state index contributed by atoms with van der Waals surface area (Å²) in [5.41, 5.74) is 1.12. The van der Waals surface area contributed by atoms with E-state index < -0.39 is 0 Å². The van der Waals surface area contributed by atoms with Crippen molar-refractivity contribution >= 4 is 23.4 Å². The van der Waals surface area contributed by atoms with Crippen molar-refractivity contribution in [3.8, 4) is 0 Å². The van der Waals surface area contributed by atoms with Crippen LogP contribution in [0.1, 0.15) is 12.0 Å². The van der Waals surface area contributed by atoms with Crippen LogP contribution >= 0.6 is 11.6 Å². The second kappa shape index (κ2) is 8.39. The lowest BCUT2D eigenvalue weighted by atomic mass is 10.2. The number of aromatic nitrogens is 3. The summed E-state index contributed by atoms with van der Waals surface area (Å²) in [6.07, 6.45) is 2.48. The van der Waals surface area contributed by atoms with E-state index in [9.17, 15) is 0 Å². The number of rotatable bonds is 8. The summed E-state index contributed by atoms with van der Waals surface area (Å²) < 4.78 is 4.98. The number of ether oxygens (including phenoxy) is 1. The van der Waals surface area contributed by atoms with Gasteiger partial charge in [0.25, 0.3) is 0 Å². The molecule has 0 saturated carbocycles. The van der Waals surface area contributed by atoms with E-state index in [0.717, 1.165) is 23.6 Å². The quantitative estimate of drug-likeness (QED) is 0.730. The summed E-state index contributed by atoms with van der Waals surface area (Å²) in [5.74, 6) is 1.18. The summed E-state index contributed by atoms with van der Waals surface area (Å²) in [4.78, 5) is 4.34. The zero-order valence-corrected chi connectivity index (χ0v) is 12.6. The smallest absolute Gasteiger partial charge is 0.244 e. The van der Waals surface area contributed by atoms with Gasteiger partial charge in [0.1, 0.15) is 0 Å². The highest BCUT2D eigenvalue weighted by molar-refractivity contribution is 6.30. The van der Waals surface area contributed by atoms with Crippen LogP contribution in [0, 0.1) is 0 Å². The second-order valence-corrected chi connectivity index (χ2v) is 4.85. The van der Waals surface area contributed by atoms with Gasteiger partial charge in [0.15, 0.2) is 5.82 Å². The first-order valence-electron chi connectivity index (χ1n) is 6.69. The third kappa shape index (κ3) is 5.53. The highest BCUT2D eigenvalue weighted by atomic mass is 35.5. The minimum atomic E-state index is 0.507. The molecule has 6 nitrogen and oxygen atoms in total. The number of benzene rings is 1. The maximum atomic E-state index is 5.85. The molecular formula is C14H18ClN5O. The van der Waals surface area contributed by atoms with Crippen molar-refractivity contribution in [2.24, 2.45) is 0 Å². The number of methoxy groups -OCH3 is 1. The number of anilines is 2. The molecular weight excluding hydrogens is 290 g/mol. The van der Waals surface area contributed by atoms with Gasteiger partial charge in [-0.15, -0.1) is 5.10 Å². The largest absolute Gasteiger partial charge is 0.385 e. The Bertz CT molecular complexity index is 549. The summed E-state index contributed by atoms with van der Waals surface area (Å²) in [7, 11) is 1.68. The normalized spacial score (nSPS) is 10.4. The number of hydrogen-bond donors (Lipinski definition) is 2. The molecule has 1 aromatic heterocycles. The fraction of sp³-hybridized carbons (Fsp3) is 0.357.